The molecule has 0 aliphatic carbocycles. The minimum absolute atomic E-state index is 0.100. The summed E-state index contributed by atoms with van der Waals surface area (Å²) < 4.78 is 4.40. The highest BCUT2D eigenvalue weighted by Gasteiger charge is 2.42. The molecule has 1 spiro atoms. The van der Waals surface area contributed by atoms with Gasteiger partial charge in [0.2, 0.25) is 0 Å². The molecule has 1 saturated heterocycles. The zero-order valence-corrected chi connectivity index (χ0v) is 16.8. The third-order valence-electron chi connectivity index (χ3n) is 6.21. The summed E-state index contributed by atoms with van der Waals surface area (Å²) in [5.41, 5.74) is 5.09. The molecule has 6 nitrogen and oxygen atoms in total. The molecule has 1 fully saturated rings. The van der Waals surface area contributed by atoms with Crippen molar-refractivity contribution in [1.29, 1.82) is 0 Å². The Labute approximate surface area is 166 Å². The Balaban J connectivity index is 1.48. The van der Waals surface area contributed by atoms with Gasteiger partial charge in [-0.2, -0.15) is 5.10 Å². The van der Waals surface area contributed by atoms with Crippen molar-refractivity contribution in [2.75, 3.05) is 26.7 Å². The van der Waals surface area contributed by atoms with E-state index >= 15 is 0 Å². The van der Waals surface area contributed by atoms with Gasteiger partial charge in [0, 0.05) is 50.6 Å². The zero-order valence-electron chi connectivity index (χ0n) is 16.8. The second-order valence-corrected chi connectivity index (χ2v) is 8.51. The second-order valence-electron chi connectivity index (χ2n) is 8.51. The van der Waals surface area contributed by atoms with Crippen molar-refractivity contribution in [3.63, 3.8) is 0 Å². The second kappa shape index (κ2) is 6.87. The Morgan fingerprint density at radius 1 is 1.11 bits per heavy atom. The quantitative estimate of drug-likeness (QED) is 0.705. The lowest BCUT2D eigenvalue weighted by atomic mass is 9.85. The van der Waals surface area contributed by atoms with Gasteiger partial charge in [-0.05, 0) is 26.4 Å². The molecule has 2 aromatic heterocycles. The monoisotopic (exact) mass is 376 g/mol. The lowest BCUT2D eigenvalue weighted by molar-refractivity contribution is 0.0374. The molecule has 3 aromatic rings. The summed E-state index contributed by atoms with van der Waals surface area (Å²) in [6, 6.07) is 10.6. The third-order valence-corrected chi connectivity index (χ3v) is 6.21. The molecule has 6 heteroatoms. The maximum atomic E-state index is 4.87. The fourth-order valence-corrected chi connectivity index (χ4v) is 5.14. The number of likely N-dealkylation sites (tertiary alicyclic amines) is 1. The number of likely N-dealkylation sites (N-methyl/N-ethyl adjacent to an activating group) is 1. The average Bonchev–Trinajstić information content (AvgIpc) is 3.29. The van der Waals surface area contributed by atoms with E-state index in [4.69, 9.17) is 4.98 Å². The lowest BCUT2D eigenvalue weighted by Gasteiger charge is -2.49. The third kappa shape index (κ3) is 3.06. The van der Waals surface area contributed by atoms with Crippen LogP contribution in [0.15, 0.2) is 49.1 Å². The Morgan fingerprint density at radius 2 is 1.96 bits per heavy atom. The molecule has 0 radical (unpaired) electrons. The van der Waals surface area contributed by atoms with Gasteiger partial charge in [0.1, 0.15) is 0 Å². The molecule has 0 saturated carbocycles. The van der Waals surface area contributed by atoms with Crippen LogP contribution in [0, 0.1) is 0 Å². The Morgan fingerprint density at radius 3 is 2.75 bits per heavy atom. The number of nitrogens with zero attached hydrogens (tertiary/aromatic N) is 6. The molecule has 1 aromatic carbocycles. The molecule has 2 aliphatic heterocycles. The van der Waals surface area contributed by atoms with E-state index in [1.807, 2.05) is 17.9 Å². The van der Waals surface area contributed by atoms with Crippen LogP contribution in [-0.4, -0.2) is 55.8 Å². The first-order chi connectivity index (χ1) is 13.6. The molecular weight excluding hydrogens is 348 g/mol. The van der Waals surface area contributed by atoms with Crippen molar-refractivity contribution in [2.45, 2.75) is 31.5 Å². The largest absolute Gasteiger partial charge is 0.324 e. The van der Waals surface area contributed by atoms with E-state index in [2.05, 4.69) is 69.4 Å². The number of benzene rings is 1. The highest BCUT2D eigenvalue weighted by molar-refractivity contribution is 5.62. The molecule has 5 rings (SSSR count). The molecule has 1 atom stereocenters. The smallest absolute Gasteiger partial charge is 0.0962 e. The number of aryl methyl sites for hydroxylation is 1. The van der Waals surface area contributed by atoms with Gasteiger partial charge in [-0.25, -0.2) is 4.98 Å². The van der Waals surface area contributed by atoms with Gasteiger partial charge in [0.25, 0.3) is 0 Å². The van der Waals surface area contributed by atoms with Crippen molar-refractivity contribution in [3.05, 3.63) is 60.3 Å². The molecule has 0 amide bonds. The van der Waals surface area contributed by atoms with Crippen molar-refractivity contribution in [3.8, 4) is 11.3 Å². The van der Waals surface area contributed by atoms with Gasteiger partial charge in [-0.1, -0.05) is 30.3 Å². The Bertz CT molecular complexity index is 959. The van der Waals surface area contributed by atoms with Gasteiger partial charge in [-0.15, -0.1) is 0 Å². The van der Waals surface area contributed by atoms with Gasteiger partial charge < -0.3 is 4.57 Å². The van der Waals surface area contributed by atoms with Crippen LogP contribution < -0.4 is 0 Å². The van der Waals surface area contributed by atoms with Gasteiger partial charge in [0.15, 0.2) is 0 Å². The number of aromatic nitrogens is 4. The van der Waals surface area contributed by atoms with E-state index in [-0.39, 0.29) is 5.54 Å². The van der Waals surface area contributed by atoms with Gasteiger partial charge >= 0.3 is 0 Å². The summed E-state index contributed by atoms with van der Waals surface area (Å²) in [6.45, 7) is 5.21. The molecule has 0 unspecified atom stereocenters. The minimum atomic E-state index is 0.100. The Hall–Kier alpha value is -2.44. The van der Waals surface area contributed by atoms with Crippen LogP contribution in [0.4, 0.5) is 0 Å². The first-order valence-electron chi connectivity index (χ1n) is 10.1. The summed E-state index contributed by atoms with van der Waals surface area (Å²) in [5.74, 6) is 0. The first-order valence-corrected chi connectivity index (χ1v) is 10.1. The predicted octanol–water partition coefficient (Wildman–Crippen LogP) is 2.72. The molecule has 28 heavy (non-hydrogen) atoms. The van der Waals surface area contributed by atoms with Crippen LogP contribution in [0.1, 0.15) is 24.1 Å². The normalized spacial score (nSPS) is 23.2. The van der Waals surface area contributed by atoms with Crippen LogP contribution in [0.25, 0.3) is 11.3 Å². The summed E-state index contributed by atoms with van der Waals surface area (Å²) in [5, 5.41) is 4.34. The maximum Gasteiger partial charge on any atom is 0.0962 e. The van der Waals surface area contributed by atoms with Crippen LogP contribution in [-0.2, 0) is 25.7 Å². The van der Waals surface area contributed by atoms with E-state index in [1.165, 1.54) is 29.7 Å². The van der Waals surface area contributed by atoms with Crippen molar-refractivity contribution in [2.24, 2.45) is 7.05 Å². The zero-order chi connectivity index (χ0) is 19.1. The molecule has 2 aliphatic rings. The number of imidazole rings is 1. The highest BCUT2D eigenvalue weighted by Crippen LogP contribution is 2.38. The fraction of sp³-hybridized carbons (Fsp3) is 0.455. The fourth-order valence-electron chi connectivity index (χ4n) is 5.14. The lowest BCUT2D eigenvalue weighted by Crippen LogP contribution is -2.57. The van der Waals surface area contributed by atoms with Crippen LogP contribution >= 0.6 is 0 Å². The van der Waals surface area contributed by atoms with E-state index in [9.17, 15) is 0 Å². The molecular formula is C22H28N6. The van der Waals surface area contributed by atoms with Gasteiger partial charge in [0.05, 0.1) is 29.5 Å². The Kier molecular flexibility index (Phi) is 4.33. The summed E-state index contributed by atoms with van der Waals surface area (Å²) in [6.07, 6.45) is 8.64. The van der Waals surface area contributed by atoms with Crippen molar-refractivity contribution >= 4 is 0 Å². The first kappa shape index (κ1) is 17.6. The van der Waals surface area contributed by atoms with Crippen LogP contribution in [0.3, 0.4) is 0 Å². The van der Waals surface area contributed by atoms with Crippen molar-refractivity contribution in [1.82, 2.24) is 29.1 Å². The molecule has 0 bridgehead atoms. The van der Waals surface area contributed by atoms with E-state index in [0.29, 0.717) is 0 Å². The minimum Gasteiger partial charge on any atom is -0.324 e. The standard InChI is InChI=1S/C22H28N6/c1-25-14-20-21(19-7-4-3-5-8-19)23-17-28(20)22(15-25)9-6-10-27(16-22)13-18-11-24-26(2)12-18/h3-5,7-8,11-12,17H,6,9-10,13-16H2,1-2H3/t22-/m1/s1. The van der Waals surface area contributed by atoms with Crippen molar-refractivity contribution < 1.29 is 0 Å². The number of hydrogen-bond acceptors (Lipinski definition) is 4. The SMILES string of the molecule is CN1Cc2c(-c3ccccc3)ncn2[C@]2(CCCN(Cc3cnn(C)c3)C2)C1. The number of piperidine rings is 1. The predicted molar refractivity (Wildman–Crippen MR) is 110 cm³/mol. The summed E-state index contributed by atoms with van der Waals surface area (Å²) in [4.78, 5) is 9.93. The van der Waals surface area contributed by atoms with Gasteiger partial charge in [-0.3, -0.25) is 14.5 Å². The maximum absolute atomic E-state index is 4.87. The highest BCUT2D eigenvalue weighted by atomic mass is 15.3. The molecule has 146 valence electrons. The molecule has 0 N–H and O–H groups in total. The van der Waals surface area contributed by atoms with E-state index in [0.717, 1.165) is 38.4 Å². The topological polar surface area (TPSA) is 42.1 Å². The van der Waals surface area contributed by atoms with Crippen LogP contribution in [0.2, 0.25) is 0 Å². The average molecular weight is 377 g/mol. The number of fused-ring (bicyclic) bond motifs is 2. The van der Waals surface area contributed by atoms with E-state index < -0.39 is 0 Å². The molecule has 4 heterocycles. The summed E-state index contributed by atoms with van der Waals surface area (Å²) in [7, 11) is 4.23. The van der Waals surface area contributed by atoms with E-state index in [1.54, 1.807) is 0 Å². The summed E-state index contributed by atoms with van der Waals surface area (Å²) >= 11 is 0. The van der Waals surface area contributed by atoms with Crippen LogP contribution in [0.5, 0.6) is 0 Å². The number of hydrogen-bond donors (Lipinski definition) is 0. The number of rotatable bonds is 3.